The third-order valence-electron chi connectivity index (χ3n) is 6.32. The molecule has 4 N–H and O–H groups in total. The molecular weight excluding hydrogens is 476 g/mol. The summed E-state index contributed by atoms with van der Waals surface area (Å²) >= 11 is 0. The van der Waals surface area contributed by atoms with Crippen LogP contribution < -0.4 is 25.4 Å². The third kappa shape index (κ3) is 4.29. The van der Waals surface area contributed by atoms with Gasteiger partial charge in [-0.1, -0.05) is 18.2 Å². The van der Waals surface area contributed by atoms with E-state index in [2.05, 4.69) is 16.0 Å². The standard InChI is InChI=1S/C27H24N4O6/c1-28-23(32)16-4-3-5-21(12-16)37-19-10-7-18(8-11-19)27(25(34)29-26(35)30-27)15-31-14-17-6-9-20(36-2)13-22(17)24(31)33/h3-14,33H,15H2,1-2H3,(H,28,32)(H2,29,30,34,35)/t27-/m0/s1. The van der Waals surface area contributed by atoms with Gasteiger partial charge in [0.05, 0.1) is 13.7 Å². The van der Waals surface area contributed by atoms with Crippen molar-refractivity contribution in [1.82, 2.24) is 20.5 Å². The number of benzene rings is 3. The van der Waals surface area contributed by atoms with Crippen LogP contribution in [0, 0.1) is 0 Å². The largest absolute Gasteiger partial charge is 0.497 e. The fourth-order valence-electron chi connectivity index (χ4n) is 4.41. The molecule has 0 bridgehead atoms. The number of hydrogen-bond donors (Lipinski definition) is 4. The van der Waals surface area contributed by atoms with E-state index in [0.717, 1.165) is 5.39 Å². The molecule has 1 saturated heterocycles. The van der Waals surface area contributed by atoms with Gasteiger partial charge in [0, 0.05) is 29.6 Å². The molecule has 4 amide bonds. The molecule has 1 aliphatic rings. The number of ether oxygens (including phenoxy) is 2. The van der Waals surface area contributed by atoms with Crippen molar-refractivity contribution < 1.29 is 29.0 Å². The minimum atomic E-state index is -1.47. The van der Waals surface area contributed by atoms with E-state index in [1.807, 2.05) is 0 Å². The Morgan fingerprint density at radius 3 is 2.46 bits per heavy atom. The van der Waals surface area contributed by atoms with Crippen LogP contribution in [0.5, 0.6) is 23.1 Å². The molecule has 1 aliphatic heterocycles. The topological polar surface area (TPSA) is 131 Å². The molecule has 10 heteroatoms. The molecule has 37 heavy (non-hydrogen) atoms. The molecular formula is C27H24N4O6. The van der Waals surface area contributed by atoms with Gasteiger partial charge in [0.25, 0.3) is 11.8 Å². The zero-order chi connectivity index (χ0) is 26.2. The average Bonchev–Trinajstić information content (AvgIpc) is 3.38. The Labute approximate surface area is 211 Å². The number of hydrogen-bond acceptors (Lipinski definition) is 6. The Morgan fingerprint density at radius 1 is 1.03 bits per heavy atom. The molecule has 2 heterocycles. The minimum Gasteiger partial charge on any atom is -0.497 e. The van der Waals surface area contributed by atoms with E-state index in [1.54, 1.807) is 80.0 Å². The summed E-state index contributed by atoms with van der Waals surface area (Å²) in [4.78, 5) is 37.2. The van der Waals surface area contributed by atoms with Gasteiger partial charge < -0.3 is 29.8 Å². The molecule has 188 valence electrons. The van der Waals surface area contributed by atoms with Crippen molar-refractivity contribution in [2.75, 3.05) is 14.2 Å². The highest BCUT2D eigenvalue weighted by Crippen LogP contribution is 2.35. The molecule has 0 saturated carbocycles. The van der Waals surface area contributed by atoms with Gasteiger partial charge >= 0.3 is 6.03 Å². The number of rotatable bonds is 7. The van der Waals surface area contributed by atoms with Gasteiger partial charge in [0.15, 0.2) is 11.4 Å². The summed E-state index contributed by atoms with van der Waals surface area (Å²) in [6.45, 7) is -0.0538. The molecule has 0 radical (unpaired) electrons. The van der Waals surface area contributed by atoms with Gasteiger partial charge in [-0.25, -0.2) is 4.79 Å². The van der Waals surface area contributed by atoms with E-state index in [-0.39, 0.29) is 18.3 Å². The number of methoxy groups -OCH3 is 1. The van der Waals surface area contributed by atoms with Gasteiger partial charge in [-0.3, -0.25) is 14.9 Å². The lowest BCUT2D eigenvalue weighted by Crippen LogP contribution is -2.47. The Balaban J connectivity index is 1.46. The van der Waals surface area contributed by atoms with E-state index in [1.165, 1.54) is 11.7 Å². The lowest BCUT2D eigenvalue weighted by Gasteiger charge is -2.27. The second-order valence-electron chi connectivity index (χ2n) is 8.58. The molecule has 1 atom stereocenters. The van der Waals surface area contributed by atoms with Crippen LogP contribution in [-0.2, 0) is 16.9 Å². The lowest BCUT2D eigenvalue weighted by molar-refractivity contribution is -0.124. The Hall–Kier alpha value is -4.99. The van der Waals surface area contributed by atoms with Crippen LogP contribution in [-0.4, -0.2) is 41.7 Å². The lowest BCUT2D eigenvalue weighted by atomic mass is 9.89. The summed E-state index contributed by atoms with van der Waals surface area (Å²) in [5.74, 6) is 0.690. The second kappa shape index (κ2) is 9.23. The number of aromatic hydroxyl groups is 1. The number of carbonyl (C=O) groups is 3. The molecule has 4 aromatic rings. The van der Waals surface area contributed by atoms with Crippen molar-refractivity contribution in [3.05, 3.63) is 84.1 Å². The normalized spacial score (nSPS) is 16.8. The van der Waals surface area contributed by atoms with Gasteiger partial charge in [0.2, 0.25) is 0 Å². The quantitative estimate of drug-likeness (QED) is 0.288. The van der Waals surface area contributed by atoms with Crippen molar-refractivity contribution in [3.63, 3.8) is 0 Å². The van der Waals surface area contributed by atoms with Gasteiger partial charge in [-0.2, -0.15) is 0 Å². The molecule has 0 aliphatic carbocycles. The predicted molar refractivity (Wildman–Crippen MR) is 135 cm³/mol. The van der Waals surface area contributed by atoms with Crippen LogP contribution in [0.4, 0.5) is 4.79 Å². The predicted octanol–water partition coefficient (Wildman–Crippen LogP) is 3.24. The van der Waals surface area contributed by atoms with Crippen LogP contribution in [0.2, 0.25) is 0 Å². The van der Waals surface area contributed by atoms with E-state index >= 15 is 0 Å². The summed E-state index contributed by atoms with van der Waals surface area (Å²) in [7, 11) is 3.09. The summed E-state index contributed by atoms with van der Waals surface area (Å²) in [5, 5.41) is 19.8. The molecule has 0 unspecified atom stereocenters. The molecule has 1 aromatic heterocycles. The average molecular weight is 501 g/mol. The Bertz CT molecular complexity index is 1530. The molecule has 1 fully saturated rings. The summed E-state index contributed by atoms with van der Waals surface area (Å²) in [6.07, 6.45) is 1.71. The van der Waals surface area contributed by atoms with E-state index in [4.69, 9.17) is 9.47 Å². The number of fused-ring (bicyclic) bond motifs is 1. The number of carbonyl (C=O) groups excluding carboxylic acids is 3. The maximum Gasteiger partial charge on any atom is 0.322 e. The van der Waals surface area contributed by atoms with E-state index < -0.39 is 17.5 Å². The molecule has 0 spiro atoms. The van der Waals surface area contributed by atoms with Crippen molar-refractivity contribution in [2.45, 2.75) is 12.1 Å². The van der Waals surface area contributed by atoms with E-state index in [0.29, 0.717) is 33.8 Å². The van der Waals surface area contributed by atoms with Crippen LogP contribution in [0.1, 0.15) is 15.9 Å². The number of imide groups is 1. The second-order valence-corrected chi connectivity index (χ2v) is 8.58. The SMILES string of the molecule is CNC(=O)c1cccc(Oc2ccc([C@]3(Cn4cc5ccc(OC)cc5c4O)NC(=O)NC3=O)cc2)c1. The van der Waals surface area contributed by atoms with Crippen molar-refractivity contribution in [1.29, 1.82) is 0 Å². The number of nitrogens with one attached hydrogen (secondary N) is 3. The van der Waals surface area contributed by atoms with Gasteiger partial charge in [-0.05, 0) is 54.1 Å². The van der Waals surface area contributed by atoms with E-state index in [9.17, 15) is 19.5 Å². The first-order valence-electron chi connectivity index (χ1n) is 11.4. The first kappa shape index (κ1) is 23.7. The fourth-order valence-corrected chi connectivity index (χ4v) is 4.41. The Kier molecular flexibility index (Phi) is 5.92. The minimum absolute atomic E-state index is 0.0538. The molecule has 5 rings (SSSR count). The van der Waals surface area contributed by atoms with Crippen LogP contribution >= 0.6 is 0 Å². The molecule has 3 aromatic carbocycles. The third-order valence-corrected chi connectivity index (χ3v) is 6.32. The van der Waals surface area contributed by atoms with Crippen LogP contribution in [0.25, 0.3) is 10.8 Å². The summed E-state index contributed by atoms with van der Waals surface area (Å²) in [5.41, 5.74) is -0.514. The van der Waals surface area contributed by atoms with Crippen molar-refractivity contribution in [3.8, 4) is 23.1 Å². The zero-order valence-electron chi connectivity index (χ0n) is 20.1. The smallest absolute Gasteiger partial charge is 0.322 e. The number of urea groups is 1. The highest BCUT2D eigenvalue weighted by molar-refractivity contribution is 6.07. The first-order valence-corrected chi connectivity index (χ1v) is 11.4. The first-order chi connectivity index (χ1) is 17.8. The monoisotopic (exact) mass is 500 g/mol. The summed E-state index contributed by atoms with van der Waals surface area (Å²) in [6, 6.07) is 18.1. The number of aromatic nitrogens is 1. The van der Waals surface area contributed by atoms with Gasteiger partial charge in [-0.15, -0.1) is 0 Å². The number of nitrogens with zero attached hydrogens (tertiary/aromatic N) is 1. The molecule has 10 nitrogen and oxygen atoms in total. The summed E-state index contributed by atoms with van der Waals surface area (Å²) < 4.78 is 12.6. The zero-order valence-corrected chi connectivity index (χ0v) is 20.1. The van der Waals surface area contributed by atoms with Gasteiger partial charge in [0.1, 0.15) is 17.2 Å². The van der Waals surface area contributed by atoms with Crippen LogP contribution in [0.15, 0.2) is 72.9 Å². The maximum absolute atomic E-state index is 13.1. The van der Waals surface area contributed by atoms with Crippen molar-refractivity contribution in [2.24, 2.45) is 0 Å². The fraction of sp³-hybridized carbons (Fsp3) is 0.148. The van der Waals surface area contributed by atoms with Crippen LogP contribution in [0.3, 0.4) is 0 Å². The Morgan fingerprint density at radius 2 is 1.78 bits per heavy atom. The highest BCUT2D eigenvalue weighted by Gasteiger charge is 2.48. The number of amides is 4. The maximum atomic E-state index is 13.1. The highest BCUT2D eigenvalue weighted by atomic mass is 16.5. The van der Waals surface area contributed by atoms with Crippen molar-refractivity contribution >= 4 is 28.6 Å².